The van der Waals surface area contributed by atoms with Gasteiger partial charge in [-0.25, -0.2) is 4.39 Å². The molecule has 0 bridgehead atoms. The van der Waals surface area contributed by atoms with Gasteiger partial charge in [0.05, 0.1) is 10.1 Å². The largest absolute Gasteiger partial charge is 0.455 e. The van der Waals surface area contributed by atoms with Crippen LogP contribution in [0, 0.1) is 12.7 Å². The van der Waals surface area contributed by atoms with Crippen molar-refractivity contribution in [3.63, 3.8) is 0 Å². The van der Waals surface area contributed by atoms with Crippen molar-refractivity contribution in [1.82, 2.24) is 0 Å². The molecular weight excluding hydrogens is 373 g/mol. The summed E-state index contributed by atoms with van der Waals surface area (Å²) in [4.78, 5) is 24.3. The molecule has 0 radical (unpaired) electrons. The molecule has 1 heterocycles. The fourth-order valence-corrected chi connectivity index (χ4v) is 3.74. The highest BCUT2D eigenvalue weighted by Gasteiger charge is 2.09. The van der Waals surface area contributed by atoms with Crippen molar-refractivity contribution >= 4 is 52.3 Å². The second-order valence-electron chi connectivity index (χ2n) is 4.87. The first-order valence-corrected chi connectivity index (χ1v) is 9.32. The van der Waals surface area contributed by atoms with Gasteiger partial charge in [-0.2, -0.15) is 0 Å². The van der Waals surface area contributed by atoms with Crippen molar-refractivity contribution in [2.24, 2.45) is 0 Å². The predicted octanol–water partition coefficient (Wildman–Crippen LogP) is 4.26. The topological polar surface area (TPSA) is 55.4 Å². The van der Waals surface area contributed by atoms with Gasteiger partial charge in [0.1, 0.15) is 5.82 Å². The zero-order chi connectivity index (χ0) is 17.5. The minimum Gasteiger partial charge on any atom is -0.455 e. The SMILES string of the molecule is Cc1ccc(NC(=O)COC(=O)CSCc2ccc(Cl)s2)cc1F. The van der Waals surface area contributed by atoms with Crippen molar-refractivity contribution in [1.29, 1.82) is 0 Å². The van der Waals surface area contributed by atoms with Crippen LogP contribution >= 0.6 is 34.7 Å². The molecule has 0 spiro atoms. The Balaban J connectivity index is 1.67. The molecular formula is C16H15ClFNO3S2. The number of halogens is 2. The number of nitrogens with one attached hydrogen (secondary N) is 1. The number of hydrogen-bond acceptors (Lipinski definition) is 5. The maximum Gasteiger partial charge on any atom is 0.316 e. The highest BCUT2D eigenvalue weighted by molar-refractivity contribution is 7.99. The monoisotopic (exact) mass is 387 g/mol. The summed E-state index contributed by atoms with van der Waals surface area (Å²) >= 11 is 8.66. The zero-order valence-electron chi connectivity index (χ0n) is 12.8. The quantitative estimate of drug-likeness (QED) is 0.721. The number of carbonyl (C=O) groups is 2. The molecule has 0 aliphatic carbocycles. The number of benzene rings is 1. The third kappa shape index (κ3) is 6.14. The summed E-state index contributed by atoms with van der Waals surface area (Å²) in [5, 5.41) is 2.47. The van der Waals surface area contributed by atoms with Crippen LogP contribution in [0.2, 0.25) is 4.34 Å². The van der Waals surface area contributed by atoms with Gasteiger partial charge in [0.25, 0.3) is 5.91 Å². The lowest BCUT2D eigenvalue weighted by molar-refractivity contribution is -0.144. The Kier molecular flexibility index (Phi) is 7.08. The number of thiophene rings is 1. The Bertz CT molecular complexity index is 736. The first-order chi connectivity index (χ1) is 11.4. The summed E-state index contributed by atoms with van der Waals surface area (Å²) in [7, 11) is 0. The van der Waals surface area contributed by atoms with Crippen LogP contribution in [0.5, 0.6) is 0 Å². The molecule has 0 aliphatic rings. The normalized spacial score (nSPS) is 10.5. The number of ether oxygens (including phenoxy) is 1. The van der Waals surface area contributed by atoms with E-state index < -0.39 is 24.3 Å². The predicted molar refractivity (Wildman–Crippen MR) is 96.2 cm³/mol. The highest BCUT2D eigenvalue weighted by atomic mass is 35.5. The van der Waals surface area contributed by atoms with Crippen molar-refractivity contribution in [2.75, 3.05) is 17.7 Å². The van der Waals surface area contributed by atoms with Gasteiger partial charge >= 0.3 is 5.97 Å². The second-order valence-corrected chi connectivity index (χ2v) is 7.66. The third-order valence-electron chi connectivity index (χ3n) is 2.91. The number of esters is 1. The molecule has 1 aromatic carbocycles. The van der Waals surface area contributed by atoms with Crippen LogP contribution in [-0.4, -0.2) is 24.2 Å². The summed E-state index contributed by atoms with van der Waals surface area (Å²) in [6.45, 7) is 1.23. The molecule has 24 heavy (non-hydrogen) atoms. The summed E-state index contributed by atoms with van der Waals surface area (Å²) in [5.41, 5.74) is 0.812. The average molecular weight is 388 g/mol. The number of carbonyl (C=O) groups excluding carboxylic acids is 2. The zero-order valence-corrected chi connectivity index (χ0v) is 15.2. The summed E-state index contributed by atoms with van der Waals surface area (Å²) in [6.07, 6.45) is 0. The lowest BCUT2D eigenvalue weighted by Gasteiger charge is -2.07. The van der Waals surface area contributed by atoms with Crippen LogP contribution in [0.25, 0.3) is 0 Å². The number of aryl methyl sites for hydroxylation is 1. The summed E-state index contributed by atoms with van der Waals surface area (Å²) < 4.78 is 19.0. The number of rotatable bonds is 7. The highest BCUT2D eigenvalue weighted by Crippen LogP contribution is 2.25. The van der Waals surface area contributed by atoms with E-state index >= 15 is 0 Å². The molecule has 1 N–H and O–H groups in total. The molecule has 0 aliphatic heterocycles. The van der Waals surface area contributed by atoms with Gasteiger partial charge in [0, 0.05) is 16.3 Å². The smallest absolute Gasteiger partial charge is 0.316 e. The number of hydrogen-bond donors (Lipinski definition) is 1. The maximum atomic E-state index is 13.4. The van der Waals surface area contributed by atoms with Gasteiger partial charge in [0.2, 0.25) is 0 Å². The number of thioether (sulfide) groups is 1. The van der Waals surface area contributed by atoms with E-state index in [9.17, 15) is 14.0 Å². The molecule has 4 nitrogen and oxygen atoms in total. The van der Waals surface area contributed by atoms with Crippen LogP contribution in [-0.2, 0) is 20.1 Å². The second kappa shape index (κ2) is 9.05. The molecule has 2 aromatic rings. The third-order valence-corrected chi connectivity index (χ3v) is 5.28. The molecule has 1 aromatic heterocycles. The standard InChI is InChI=1S/C16H15ClFNO3S2/c1-10-2-3-11(6-13(10)18)19-15(20)7-22-16(21)9-23-8-12-4-5-14(17)24-12/h2-6H,7-9H2,1H3,(H,19,20). The van der Waals surface area contributed by atoms with E-state index in [2.05, 4.69) is 5.32 Å². The van der Waals surface area contributed by atoms with E-state index in [0.29, 0.717) is 21.3 Å². The molecule has 8 heteroatoms. The van der Waals surface area contributed by atoms with Gasteiger partial charge < -0.3 is 10.1 Å². The molecule has 1 amide bonds. The Morgan fingerprint density at radius 3 is 2.79 bits per heavy atom. The van der Waals surface area contributed by atoms with E-state index in [1.165, 1.54) is 29.2 Å². The Morgan fingerprint density at radius 1 is 1.33 bits per heavy atom. The van der Waals surface area contributed by atoms with Gasteiger partial charge in [-0.1, -0.05) is 17.7 Å². The minimum atomic E-state index is -0.512. The van der Waals surface area contributed by atoms with E-state index in [1.54, 1.807) is 25.1 Å². The van der Waals surface area contributed by atoms with Crippen LogP contribution in [0.1, 0.15) is 10.4 Å². The van der Waals surface area contributed by atoms with E-state index in [-0.39, 0.29) is 5.75 Å². The van der Waals surface area contributed by atoms with Crippen LogP contribution < -0.4 is 5.32 Å². The fourth-order valence-electron chi connectivity index (χ4n) is 1.72. The first kappa shape index (κ1) is 18.8. The number of anilines is 1. The maximum absolute atomic E-state index is 13.4. The Labute approximate surface area is 152 Å². The van der Waals surface area contributed by atoms with Crippen LogP contribution in [0.3, 0.4) is 0 Å². The lowest BCUT2D eigenvalue weighted by atomic mass is 10.2. The van der Waals surface area contributed by atoms with Crippen molar-refractivity contribution in [2.45, 2.75) is 12.7 Å². The van der Waals surface area contributed by atoms with Crippen molar-refractivity contribution < 1.29 is 18.7 Å². The minimum absolute atomic E-state index is 0.141. The summed E-state index contributed by atoms with van der Waals surface area (Å²) in [5.74, 6) is -0.604. The van der Waals surface area contributed by atoms with Gasteiger partial charge in [-0.05, 0) is 36.8 Å². The molecule has 2 rings (SSSR count). The van der Waals surface area contributed by atoms with Gasteiger partial charge in [0.15, 0.2) is 6.61 Å². The van der Waals surface area contributed by atoms with Gasteiger partial charge in [-0.15, -0.1) is 23.1 Å². The molecule has 0 atom stereocenters. The molecule has 0 unspecified atom stereocenters. The molecule has 128 valence electrons. The van der Waals surface area contributed by atoms with Gasteiger partial charge in [-0.3, -0.25) is 9.59 Å². The fraction of sp³-hybridized carbons (Fsp3) is 0.250. The van der Waals surface area contributed by atoms with E-state index in [4.69, 9.17) is 16.3 Å². The lowest BCUT2D eigenvalue weighted by Crippen LogP contribution is -2.21. The number of amides is 1. The Morgan fingerprint density at radius 2 is 2.12 bits per heavy atom. The van der Waals surface area contributed by atoms with E-state index in [0.717, 1.165) is 4.88 Å². The van der Waals surface area contributed by atoms with Crippen molar-refractivity contribution in [3.8, 4) is 0 Å². The van der Waals surface area contributed by atoms with Crippen molar-refractivity contribution in [3.05, 3.63) is 50.9 Å². The molecule has 0 saturated carbocycles. The Hall–Kier alpha value is -1.57. The molecule has 0 fully saturated rings. The van der Waals surface area contributed by atoms with Crippen LogP contribution in [0.4, 0.5) is 10.1 Å². The first-order valence-electron chi connectivity index (χ1n) is 6.97. The summed E-state index contributed by atoms with van der Waals surface area (Å²) in [6, 6.07) is 8.07. The van der Waals surface area contributed by atoms with E-state index in [1.807, 2.05) is 6.07 Å². The average Bonchev–Trinajstić information content (AvgIpc) is 2.94. The molecule has 0 saturated heterocycles. The van der Waals surface area contributed by atoms with Crippen LogP contribution in [0.15, 0.2) is 30.3 Å².